The molecule has 0 amide bonds. The predicted octanol–water partition coefficient (Wildman–Crippen LogP) is 3.82. The molecule has 2 aliphatic heterocycles. The van der Waals surface area contributed by atoms with Gasteiger partial charge in [0.2, 0.25) is 9.84 Å². The van der Waals surface area contributed by atoms with Crippen molar-refractivity contribution >= 4 is 15.5 Å². The average molecular weight is 371 g/mol. The van der Waals surface area contributed by atoms with Crippen LogP contribution in [0.2, 0.25) is 0 Å². The summed E-state index contributed by atoms with van der Waals surface area (Å²) < 4.78 is 26.2. The Morgan fingerprint density at radius 2 is 1.85 bits per heavy atom. The van der Waals surface area contributed by atoms with Crippen LogP contribution in [0, 0.1) is 6.92 Å². The van der Waals surface area contributed by atoms with Crippen molar-refractivity contribution in [3.8, 4) is 0 Å². The third-order valence-corrected chi connectivity index (χ3v) is 7.57. The van der Waals surface area contributed by atoms with E-state index in [0.29, 0.717) is 21.8 Å². The summed E-state index contributed by atoms with van der Waals surface area (Å²) in [6, 6.07) is 13.2. The van der Waals surface area contributed by atoms with Gasteiger partial charge in [-0.3, -0.25) is 0 Å². The van der Waals surface area contributed by atoms with E-state index in [1.165, 1.54) is 5.56 Å². The molecule has 2 atom stereocenters. The average Bonchev–Trinajstić information content (AvgIpc) is 2.85. The molecule has 0 radical (unpaired) electrons. The van der Waals surface area contributed by atoms with Crippen LogP contribution in [0.5, 0.6) is 0 Å². The second kappa shape index (κ2) is 6.71. The first-order valence-electron chi connectivity index (χ1n) is 9.43. The Bertz CT molecular complexity index is 923. The Morgan fingerprint density at radius 1 is 1.08 bits per heavy atom. The van der Waals surface area contributed by atoms with E-state index >= 15 is 0 Å². The summed E-state index contributed by atoms with van der Waals surface area (Å²) in [4.78, 5) is 3.26. The van der Waals surface area contributed by atoms with Crippen molar-refractivity contribution in [2.45, 2.75) is 48.4 Å². The van der Waals surface area contributed by atoms with Gasteiger partial charge in [0.1, 0.15) is 0 Å². The Hall–Kier alpha value is -1.85. The van der Waals surface area contributed by atoms with Gasteiger partial charge < -0.3 is 10.2 Å². The fourth-order valence-corrected chi connectivity index (χ4v) is 5.68. The first-order chi connectivity index (χ1) is 12.5. The number of fused-ring (bicyclic) bond motifs is 3. The van der Waals surface area contributed by atoms with E-state index in [4.69, 9.17) is 0 Å². The maximum absolute atomic E-state index is 13.1. The molecule has 4 rings (SSSR count). The van der Waals surface area contributed by atoms with Gasteiger partial charge in [0.25, 0.3) is 0 Å². The minimum atomic E-state index is -3.48. The van der Waals surface area contributed by atoms with Crippen LogP contribution in [0.1, 0.15) is 36.8 Å². The first-order valence-corrected chi connectivity index (χ1v) is 10.9. The minimum Gasteiger partial charge on any atom is -0.381 e. The zero-order valence-electron chi connectivity index (χ0n) is 15.4. The topological polar surface area (TPSA) is 49.4 Å². The minimum absolute atomic E-state index is 0.373. The molecule has 26 heavy (non-hydrogen) atoms. The molecule has 0 aromatic heterocycles. The zero-order chi connectivity index (χ0) is 18.3. The number of anilines is 1. The molecule has 1 saturated heterocycles. The highest BCUT2D eigenvalue weighted by molar-refractivity contribution is 7.91. The molecule has 4 nitrogen and oxygen atoms in total. The molecule has 1 N–H and O–H groups in total. The summed E-state index contributed by atoms with van der Waals surface area (Å²) in [7, 11) is -3.48. The molecule has 2 aromatic carbocycles. The lowest BCUT2D eigenvalue weighted by atomic mass is 9.91. The second-order valence-electron chi connectivity index (χ2n) is 7.44. The molecular weight excluding hydrogens is 344 g/mol. The van der Waals surface area contributed by atoms with E-state index in [9.17, 15) is 8.42 Å². The molecule has 2 aliphatic rings. The number of nitrogens with zero attached hydrogens (tertiary/aromatic N) is 1. The van der Waals surface area contributed by atoms with E-state index in [0.717, 1.165) is 43.7 Å². The van der Waals surface area contributed by atoms with Gasteiger partial charge in [-0.1, -0.05) is 19.1 Å². The summed E-state index contributed by atoms with van der Waals surface area (Å²) in [5.41, 5.74) is 3.23. The van der Waals surface area contributed by atoms with Crippen LogP contribution in [0.15, 0.2) is 52.3 Å². The van der Waals surface area contributed by atoms with Crippen LogP contribution < -0.4 is 5.32 Å². The molecule has 2 heterocycles. The van der Waals surface area contributed by atoms with Crippen molar-refractivity contribution in [1.82, 2.24) is 4.90 Å². The number of nitrogens with one attached hydrogen (secondary N) is 1. The number of aryl methyl sites for hydroxylation is 1. The maximum Gasteiger partial charge on any atom is 0.206 e. The smallest absolute Gasteiger partial charge is 0.206 e. The third-order valence-electron chi connectivity index (χ3n) is 5.82. The standard InChI is InChI=1S/C21H26N2O2S/c1-3-23-11-9-18-19-14-17(7-8-20(19)22-21(18)10-12-23)26(24,25)16-6-4-5-15(2)13-16/h4-8,13-14,18,21-22H,3,9-12H2,1-2H3/t18-,21?/m0/s1. The second-order valence-corrected chi connectivity index (χ2v) is 9.39. The van der Waals surface area contributed by atoms with Gasteiger partial charge in [0.15, 0.2) is 0 Å². The van der Waals surface area contributed by atoms with Crippen molar-refractivity contribution in [2.75, 3.05) is 25.0 Å². The van der Waals surface area contributed by atoms with Crippen molar-refractivity contribution < 1.29 is 8.42 Å². The van der Waals surface area contributed by atoms with E-state index in [2.05, 4.69) is 17.1 Å². The lowest BCUT2D eigenvalue weighted by Crippen LogP contribution is -2.25. The van der Waals surface area contributed by atoms with E-state index < -0.39 is 9.84 Å². The van der Waals surface area contributed by atoms with Crippen molar-refractivity contribution in [1.29, 1.82) is 0 Å². The van der Waals surface area contributed by atoms with E-state index in [1.54, 1.807) is 24.3 Å². The van der Waals surface area contributed by atoms with Gasteiger partial charge in [0.05, 0.1) is 9.79 Å². The number of likely N-dealkylation sites (tertiary alicyclic amines) is 1. The molecule has 0 bridgehead atoms. The Kier molecular flexibility index (Phi) is 4.53. The lowest BCUT2D eigenvalue weighted by molar-refractivity contribution is 0.298. The summed E-state index contributed by atoms with van der Waals surface area (Å²) in [5.74, 6) is 0.397. The quantitative estimate of drug-likeness (QED) is 0.892. The van der Waals surface area contributed by atoms with Crippen molar-refractivity contribution in [3.63, 3.8) is 0 Å². The third kappa shape index (κ3) is 3.03. The number of hydrogen-bond acceptors (Lipinski definition) is 4. The SMILES string of the molecule is CCN1CCC2Nc3ccc(S(=O)(=O)c4cccc(C)c4)cc3[C@@H]2CC1. The molecule has 0 aliphatic carbocycles. The number of rotatable bonds is 3. The highest BCUT2D eigenvalue weighted by Gasteiger charge is 2.35. The first kappa shape index (κ1) is 17.6. The molecule has 2 aromatic rings. The van der Waals surface area contributed by atoms with Crippen LogP contribution >= 0.6 is 0 Å². The zero-order valence-corrected chi connectivity index (χ0v) is 16.2. The maximum atomic E-state index is 13.1. The van der Waals surface area contributed by atoms with E-state index in [1.807, 2.05) is 25.1 Å². The summed E-state index contributed by atoms with van der Waals surface area (Å²) in [6.07, 6.45) is 2.18. The Morgan fingerprint density at radius 3 is 2.62 bits per heavy atom. The number of benzene rings is 2. The lowest BCUT2D eigenvalue weighted by Gasteiger charge is -2.17. The molecule has 5 heteroatoms. The fraction of sp³-hybridized carbons (Fsp3) is 0.429. The fourth-order valence-electron chi connectivity index (χ4n) is 4.28. The van der Waals surface area contributed by atoms with Crippen LogP contribution in [0.4, 0.5) is 5.69 Å². The van der Waals surface area contributed by atoms with Gasteiger partial charge in [0, 0.05) is 24.2 Å². The van der Waals surface area contributed by atoms with Crippen LogP contribution in [0.3, 0.4) is 0 Å². The van der Waals surface area contributed by atoms with Crippen LogP contribution in [-0.4, -0.2) is 39.0 Å². The molecule has 1 unspecified atom stereocenters. The Balaban J connectivity index is 1.69. The van der Waals surface area contributed by atoms with Crippen molar-refractivity contribution in [3.05, 3.63) is 53.6 Å². The van der Waals surface area contributed by atoms with Gasteiger partial charge in [-0.2, -0.15) is 0 Å². The van der Waals surface area contributed by atoms with Gasteiger partial charge >= 0.3 is 0 Å². The van der Waals surface area contributed by atoms with Crippen molar-refractivity contribution in [2.24, 2.45) is 0 Å². The van der Waals surface area contributed by atoms with Gasteiger partial charge in [-0.05, 0) is 74.3 Å². The molecule has 0 spiro atoms. The summed E-state index contributed by atoms with van der Waals surface area (Å²) in [5, 5.41) is 3.63. The monoisotopic (exact) mass is 370 g/mol. The highest BCUT2D eigenvalue weighted by Crippen LogP contribution is 2.42. The number of sulfone groups is 1. The Labute approximate surface area is 156 Å². The summed E-state index contributed by atoms with van der Waals surface area (Å²) in [6.45, 7) is 7.38. The van der Waals surface area contributed by atoms with Gasteiger partial charge in [-0.15, -0.1) is 0 Å². The number of hydrogen-bond donors (Lipinski definition) is 1. The predicted molar refractivity (Wildman–Crippen MR) is 105 cm³/mol. The highest BCUT2D eigenvalue weighted by atomic mass is 32.2. The molecule has 0 saturated carbocycles. The normalized spacial score (nSPS) is 23.0. The molecular formula is C21H26N2O2S. The summed E-state index contributed by atoms with van der Waals surface area (Å²) >= 11 is 0. The van der Waals surface area contributed by atoms with E-state index in [-0.39, 0.29) is 0 Å². The molecule has 1 fully saturated rings. The largest absolute Gasteiger partial charge is 0.381 e. The van der Waals surface area contributed by atoms with Crippen LogP contribution in [0.25, 0.3) is 0 Å². The molecule has 138 valence electrons. The van der Waals surface area contributed by atoms with Gasteiger partial charge in [-0.25, -0.2) is 8.42 Å². The van der Waals surface area contributed by atoms with Crippen LogP contribution in [-0.2, 0) is 9.84 Å².